The summed E-state index contributed by atoms with van der Waals surface area (Å²) in [5.74, 6) is -0.260. The quantitative estimate of drug-likeness (QED) is 0.185. The normalized spacial score (nSPS) is 11.9. The van der Waals surface area contributed by atoms with Crippen LogP contribution < -0.4 is 0 Å². The molecule has 0 heterocycles. The number of allylic oxidation sites excluding steroid dienone is 6. The third-order valence-corrected chi connectivity index (χ3v) is 3.43. The molecule has 0 aromatic rings. The lowest BCUT2D eigenvalue weighted by Crippen LogP contribution is -2.08. The fourth-order valence-corrected chi connectivity index (χ4v) is 2.11. The summed E-state index contributed by atoms with van der Waals surface area (Å²) in [7, 11) is 0. The third kappa shape index (κ3) is 18.7. The van der Waals surface area contributed by atoms with Gasteiger partial charge in [-0.3, -0.25) is 4.79 Å². The average Bonchev–Trinajstić information content (AvgIpc) is 2.58. The van der Waals surface area contributed by atoms with E-state index >= 15 is 0 Å². The first-order chi connectivity index (χ1) is 11.8. The Morgan fingerprint density at radius 3 is 2.21 bits per heavy atom. The first-order valence-corrected chi connectivity index (χ1v) is 9.10. The second-order valence-electron chi connectivity index (χ2n) is 5.57. The highest BCUT2D eigenvalue weighted by Gasteiger charge is 2.01. The van der Waals surface area contributed by atoms with Crippen molar-refractivity contribution in [3.8, 4) is 0 Å². The number of hydrogen-bond acceptors (Lipinski definition) is 4. The van der Waals surface area contributed by atoms with E-state index < -0.39 is 6.79 Å². The number of esters is 1. The van der Waals surface area contributed by atoms with Crippen molar-refractivity contribution < 1.29 is 19.4 Å². The van der Waals surface area contributed by atoms with Gasteiger partial charge in [0.15, 0.2) is 6.79 Å². The number of hydrogen-bond donors (Lipinski definition) is 1. The summed E-state index contributed by atoms with van der Waals surface area (Å²) < 4.78 is 9.29. The minimum absolute atomic E-state index is 0.160. The monoisotopic (exact) mass is 338 g/mol. The van der Waals surface area contributed by atoms with Crippen LogP contribution in [-0.4, -0.2) is 24.7 Å². The lowest BCUT2D eigenvalue weighted by atomic mass is 10.1. The number of carbonyl (C=O) groups excluding carboxylic acids is 1. The molecule has 0 bridgehead atoms. The van der Waals surface area contributed by atoms with Gasteiger partial charge >= 0.3 is 5.97 Å². The van der Waals surface area contributed by atoms with Crippen molar-refractivity contribution in [3.63, 3.8) is 0 Å². The summed E-state index contributed by atoms with van der Waals surface area (Å²) in [5.41, 5.74) is 0. The van der Waals surface area contributed by atoms with Gasteiger partial charge in [0.2, 0.25) is 0 Å². The Labute approximate surface area is 147 Å². The van der Waals surface area contributed by atoms with Gasteiger partial charge in [-0.25, -0.2) is 0 Å². The number of aliphatic hydroxyl groups excluding tert-OH is 1. The van der Waals surface area contributed by atoms with Crippen molar-refractivity contribution in [3.05, 3.63) is 36.5 Å². The molecule has 0 fully saturated rings. The topological polar surface area (TPSA) is 55.8 Å². The van der Waals surface area contributed by atoms with Gasteiger partial charge in [-0.15, -0.1) is 0 Å². The molecular weight excluding hydrogens is 304 g/mol. The highest BCUT2D eigenvalue weighted by atomic mass is 16.7. The largest absolute Gasteiger partial charge is 0.438 e. The van der Waals surface area contributed by atoms with E-state index in [-0.39, 0.29) is 12.8 Å². The lowest BCUT2D eigenvalue weighted by Gasteiger charge is -2.03. The molecule has 0 radical (unpaired) electrons. The molecule has 0 aromatic heterocycles. The maximum Gasteiger partial charge on any atom is 0.307 e. The zero-order valence-corrected chi connectivity index (χ0v) is 15.1. The highest BCUT2D eigenvalue weighted by Crippen LogP contribution is 2.08. The van der Waals surface area contributed by atoms with Crippen LogP contribution in [0.4, 0.5) is 0 Å². The number of rotatable bonds is 16. The van der Waals surface area contributed by atoms with Gasteiger partial charge in [-0.1, -0.05) is 62.6 Å². The van der Waals surface area contributed by atoms with Crippen LogP contribution >= 0.6 is 0 Å². The first kappa shape index (κ1) is 22.6. The van der Waals surface area contributed by atoms with Crippen LogP contribution in [0.1, 0.15) is 71.1 Å². The Morgan fingerprint density at radius 2 is 1.50 bits per heavy atom. The predicted molar refractivity (Wildman–Crippen MR) is 98.4 cm³/mol. The van der Waals surface area contributed by atoms with E-state index in [4.69, 9.17) is 9.84 Å². The molecule has 0 aliphatic rings. The number of unbranched alkanes of at least 4 members (excludes halogenated alkanes) is 5. The Hall–Kier alpha value is -1.39. The van der Waals surface area contributed by atoms with Crippen LogP contribution in [0, 0.1) is 0 Å². The average molecular weight is 338 g/mol. The molecule has 4 nitrogen and oxygen atoms in total. The van der Waals surface area contributed by atoms with E-state index in [0.29, 0.717) is 6.42 Å². The van der Waals surface area contributed by atoms with Crippen LogP contribution in [0.5, 0.6) is 0 Å². The number of aliphatic hydroxyl groups is 1. The summed E-state index contributed by atoms with van der Waals surface area (Å²) in [6, 6.07) is 0. The molecule has 4 heteroatoms. The molecule has 0 rings (SSSR count). The first-order valence-electron chi connectivity index (χ1n) is 9.10. The van der Waals surface area contributed by atoms with Gasteiger partial charge in [0.05, 0.1) is 0 Å². The standard InChI is InChI=1S/C20H34O4/c1-2-3-4-5-6-7-8-9-10-11-12-13-14-15-16-17-20(22)24-19-23-18-21/h3-4,6-7,9-10,21H,2,5,8,11-19H2,1H3/b4-3-,7-6-,10-9-. The Kier molecular flexibility index (Phi) is 18.5. The molecular formula is C20H34O4. The Bertz CT molecular complexity index is 359. The maximum atomic E-state index is 11.2. The summed E-state index contributed by atoms with van der Waals surface area (Å²) in [4.78, 5) is 11.2. The molecule has 0 spiro atoms. The van der Waals surface area contributed by atoms with Crippen molar-refractivity contribution in [1.29, 1.82) is 0 Å². The van der Waals surface area contributed by atoms with Crippen molar-refractivity contribution in [2.45, 2.75) is 71.1 Å². The molecule has 0 amide bonds. The zero-order chi connectivity index (χ0) is 17.7. The summed E-state index contributed by atoms with van der Waals surface area (Å²) in [6.45, 7) is 1.56. The zero-order valence-electron chi connectivity index (χ0n) is 15.1. The van der Waals surface area contributed by atoms with Gasteiger partial charge in [0.25, 0.3) is 0 Å². The van der Waals surface area contributed by atoms with Gasteiger partial charge in [0, 0.05) is 6.42 Å². The SMILES string of the molecule is CC/C=C\C/C=C\C/C=C\CCCCCCCC(=O)OCOCO. The fourth-order valence-electron chi connectivity index (χ4n) is 2.11. The van der Waals surface area contributed by atoms with Crippen LogP contribution in [0.2, 0.25) is 0 Å². The van der Waals surface area contributed by atoms with Crippen molar-refractivity contribution in [2.75, 3.05) is 13.6 Å². The van der Waals surface area contributed by atoms with Crippen LogP contribution in [0.3, 0.4) is 0 Å². The molecule has 0 aromatic carbocycles. The van der Waals surface area contributed by atoms with Crippen molar-refractivity contribution in [1.82, 2.24) is 0 Å². The van der Waals surface area contributed by atoms with Crippen LogP contribution in [0.15, 0.2) is 36.5 Å². The van der Waals surface area contributed by atoms with Gasteiger partial charge in [-0.05, 0) is 38.5 Å². The summed E-state index contributed by atoms with van der Waals surface area (Å²) >= 11 is 0. The van der Waals surface area contributed by atoms with Gasteiger partial charge < -0.3 is 14.6 Å². The third-order valence-electron chi connectivity index (χ3n) is 3.43. The summed E-state index contributed by atoms with van der Waals surface area (Å²) in [6.07, 6.45) is 23.4. The second-order valence-corrected chi connectivity index (χ2v) is 5.57. The minimum Gasteiger partial charge on any atom is -0.438 e. The van der Waals surface area contributed by atoms with E-state index in [9.17, 15) is 4.79 Å². The molecule has 0 saturated carbocycles. The van der Waals surface area contributed by atoms with Crippen molar-refractivity contribution in [2.24, 2.45) is 0 Å². The van der Waals surface area contributed by atoms with Crippen LogP contribution in [0.25, 0.3) is 0 Å². The molecule has 0 atom stereocenters. The molecule has 1 N–H and O–H groups in total. The van der Waals surface area contributed by atoms with E-state index in [1.165, 1.54) is 12.8 Å². The molecule has 0 aliphatic carbocycles. The number of carbonyl (C=O) groups is 1. The van der Waals surface area contributed by atoms with E-state index in [2.05, 4.69) is 48.1 Å². The maximum absolute atomic E-state index is 11.2. The van der Waals surface area contributed by atoms with E-state index in [1.807, 2.05) is 0 Å². The molecule has 0 unspecified atom stereocenters. The Morgan fingerprint density at radius 1 is 0.875 bits per heavy atom. The Balaban J connectivity index is 3.28. The van der Waals surface area contributed by atoms with Gasteiger partial charge in [0.1, 0.15) is 6.79 Å². The van der Waals surface area contributed by atoms with Gasteiger partial charge in [-0.2, -0.15) is 0 Å². The fraction of sp³-hybridized carbons (Fsp3) is 0.650. The summed E-state index contributed by atoms with van der Waals surface area (Å²) in [5, 5.41) is 8.37. The smallest absolute Gasteiger partial charge is 0.307 e. The van der Waals surface area contributed by atoms with Crippen LogP contribution in [-0.2, 0) is 14.3 Å². The molecule has 24 heavy (non-hydrogen) atoms. The minimum atomic E-state index is -0.422. The lowest BCUT2D eigenvalue weighted by molar-refractivity contribution is -0.163. The number of ether oxygens (including phenoxy) is 2. The predicted octanol–water partition coefficient (Wildman–Crippen LogP) is 5.04. The van der Waals surface area contributed by atoms with E-state index in [1.54, 1.807) is 0 Å². The van der Waals surface area contributed by atoms with Crippen molar-refractivity contribution >= 4 is 5.97 Å². The van der Waals surface area contributed by atoms with E-state index in [0.717, 1.165) is 44.9 Å². The molecule has 0 saturated heterocycles. The molecule has 138 valence electrons. The highest BCUT2D eigenvalue weighted by molar-refractivity contribution is 5.69. The second kappa shape index (κ2) is 19.7. The molecule has 0 aliphatic heterocycles.